The summed E-state index contributed by atoms with van der Waals surface area (Å²) >= 11 is 0. The Balaban J connectivity index is 3.97. The molecule has 0 saturated carbocycles. The first-order valence-corrected chi connectivity index (χ1v) is 7.60. The molecule has 0 aliphatic carbocycles. The van der Waals surface area contributed by atoms with E-state index in [0.717, 1.165) is 6.42 Å². The largest absolute Gasteiger partial charge is 0.519 e. The van der Waals surface area contributed by atoms with Gasteiger partial charge >= 0.3 is 0 Å². The van der Waals surface area contributed by atoms with E-state index in [0.29, 0.717) is 12.0 Å². The van der Waals surface area contributed by atoms with Crippen molar-refractivity contribution in [2.24, 2.45) is 0 Å². The summed E-state index contributed by atoms with van der Waals surface area (Å²) in [5.41, 5.74) is 0.498. The average molecular weight is 188 g/mol. The van der Waals surface area contributed by atoms with Crippen LogP contribution in [0.15, 0.2) is 0 Å². The Morgan fingerprint density at radius 1 is 1.42 bits per heavy atom. The number of hydrogen-bond donors (Lipinski definition) is 0. The molecule has 0 aromatic carbocycles. The van der Waals surface area contributed by atoms with Gasteiger partial charge in [-0.25, -0.2) is 0 Å². The van der Waals surface area contributed by atoms with Crippen LogP contribution in [0.25, 0.3) is 0 Å². The van der Waals surface area contributed by atoms with E-state index in [-0.39, 0.29) is 5.97 Å². The molecule has 0 aromatic rings. The molecule has 72 valence electrons. The van der Waals surface area contributed by atoms with Crippen LogP contribution in [0.1, 0.15) is 33.6 Å². The average Bonchev–Trinajstić information content (AvgIpc) is 1.85. The standard InChI is InChI=1S/C9H20O2Si/c1-6-7-9(10)11-12(4,5)8(2)3/h8H,6-7H2,1-5H3. The van der Waals surface area contributed by atoms with Crippen LogP contribution < -0.4 is 0 Å². The van der Waals surface area contributed by atoms with Crippen molar-refractivity contribution in [2.75, 3.05) is 0 Å². The molecule has 2 nitrogen and oxygen atoms in total. The second kappa shape index (κ2) is 4.65. The van der Waals surface area contributed by atoms with Gasteiger partial charge in [0, 0.05) is 6.42 Å². The number of carbonyl (C=O) groups excluding carboxylic acids is 1. The summed E-state index contributed by atoms with van der Waals surface area (Å²) < 4.78 is 5.44. The monoisotopic (exact) mass is 188 g/mol. The highest BCUT2D eigenvalue weighted by Gasteiger charge is 2.30. The van der Waals surface area contributed by atoms with Gasteiger partial charge in [0.2, 0.25) is 0 Å². The molecule has 0 amide bonds. The van der Waals surface area contributed by atoms with Crippen molar-refractivity contribution < 1.29 is 9.22 Å². The first kappa shape index (κ1) is 11.7. The fourth-order valence-corrected chi connectivity index (χ4v) is 1.59. The third kappa shape index (κ3) is 3.90. The van der Waals surface area contributed by atoms with Crippen molar-refractivity contribution >= 4 is 14.3 Å². The maximum atomic E-state index is 11.2. The molecule has 0 aromatic heterocycles. The van der Waals surface area contributed by atoms with Gasteiger partial charge in [-0.3, -0.25) is 4.79 Å². The summed E-state index contributed by atoms with van der Waals surface area (Å²) in [6.07, 6.45) is 1.44. The minimum Gasteiger partial charge on any atom is -0.519 e. The Labute approximate surface area is 76.4 Å². The van der Waals surface area contributed by atoms with Crippen molar-refractivity contribution in [3.05, 3.63) is 0 Å². The van der Waals surface area contributed by atoms with Crippen LogP contribution >= 0.6 is 0 Å². The van der Waals surface area contributed by atoms with Gasteiger partial charge in [0.25, 0.3) is 14.3 Å². The Kier molecular flexibility index (Phi) is 4.53. The maximum Gasteiger partial charge on any atom is 0.292 e. The zero-order valence-corrected chi connectivity index (χ0v) is 9.81. The molecule has 3 heteroatoms. The molecule has 0 unspecified atom stereocenters. The Hall–Kier alpha value is -0.313. The molecular weight excluding hydrogens is 168 g/mol. The Morgan fingerprint density at radius 3 is 2.25 bits per heavy atom. The summed E-state index contributed by atoms with van der Waals surface area (Å²) in [5.74, 6) is -0.0251. The number of hydrogen-bond acceptors (Lipinski definition) is 2. The molecule has 0 rings (SSSR count). The minimum atomic E-state index is -1.73. The summed E-state index contributed by atoms with van der Waals surface area (Å²) in [7, 11) is -1.73. The van der Waals surface area contributed by atoms with Gasteiger partial charge in [0.15, 0.2) is 0 Å². The topological polar surface area (TPSA) is 26.3 Å². The highest BCUT2D eigenvalue weighted by atomic mass is 28.4. The van der Waals surface area contributed by atoms with Crippen molar-refractivity contribution in [3.8, 4) is 0 Å². The highest BCUT2D eigenvalue weighted by Crippen LogP contribution is 2.21. The number of rotatable bonds is 4. The van der Waals surface area contributed by atoms with Crippen molar-refractivity contribution in [2.45, 2.75) is 52.2 Å². The van der Waals surface area contributed by atoms with Crippen LogP contribution in [0.4, 0.5) is 0 Å². The predicted molar refractivity (Wildman–Crippen MR) is 53.6 cm³/mol. The predicted octanol–water partition coefficient (Wildman–Crippen LogP) is 2.94. The molecular formula is C9H20O2Si. The third-order valence-corrected chi connectivity index (χ3v) is 5.76. The van der Waals surface area contributed by atoms with Gasteiger partial charge in [0.1, 0.15) is 0 Å². The summed E-state index contributed by atoms with van der Waals surface area (Å²) in [4.78, 5) is 11.2. The molecule has 0 N–H and O–H groups in total. The molecule has 0 heterocycles. The molecule has 0 saturated heterocycles. The zero-order chi connectivity index (χ0) is 9.78. The molecule has 0 aliphatic heterocycles. The molecule has 0 radical (unpaired) electrons. The Bertz CT molecular complexity index is 153. The lowest BCUT2D eigenvalue weighted by Crippen LogP contribution is -2.36. The van der Waals surface area contributed by atoms with Gasteiger partial charge in [-0.1, -0.05) is 20.8 Å². The molecule has 0 bridgehead atoms. The zero-order valence-electron chi connectivity index (χ0n) is 8.81. The van der Waals surface area contributed by atoms with Crippen LogP contribution in [0, 0.1) is 0 Å². The maximum absolute atomic E-state index is 11.2. The van der Waals surface area contributed by atoms with Gasteiger partial charge < -0.3 is 4.43 Å². The van der Waals surface area contributed by atoms with Crippen LogP contribution in [-0.2, 0) is 9.22 Å². The van der Waals surface area contributed by atoms with E-state index in [1.165, 1.54) is 0 Å². The highest BCUT2D eigenvalue weighted by molar-refractivity contribution is 6.73. The third-order valence-electron chi connectivity index (χ3n) is 2.22. The smallest absolute Gasteiger partial charge is 0.292 e. The van der Waals surface area contributed by atoms with E-state index < -0.39 is 8.32 Å². The molecule has 12 heavy (non-hydrogen) atoms. The molecule has 0 spiro atoms. The normalized spacial score (nSPS) is 11.8. The summed E-state index contributed by atoms with van der Waals surface area (Å²) in [6.45, 7) is 10.4. The summed E-state index contributed by atoms with van der Waals surface area (Å²) in [6, 6.07) is 0. The Morgan fingerprint density at radius 2 is 1.92 bits per heavy atom. The second-order valence-corrected chi connectivity index (χ2v) is 8.55. The first-order valence-electron chi connectivity index (χ1n) is 4.62. The van der Waals surface area contributed by atoms with Crippen molar-refractivity contribution in [1.82, 2.24) is 0 Å². The quantitative estimate of drug-likeness (QED) is 0.634. The fraction of sp³-hybridized carbons (Fsp3) is 0.889. The molecule has 0 fully saturated rings. The lowest BCUT2D eigenvalue weighted by molar-refractivity contribution is -0.135. The van der Waals surface area contributed by atoms with Gasteiger partial charge in [-0.2, -0.15) is 0 Å². The lowest BCUT2D eigenvalue weighted by Gasteiger charge is -2.26. The van der Waals surface area contributed by atoms with Crippen LogP contribution in [0.5, 0.6) is 0 Å². The first-order chi connectivity index (χ1) is 5.40. The van der Waals surface area contributed by atoms with Crippen molar-refractivity contribution in [3.63, 3.8) is 0 Å². The lowest BCUT2D eigenvalue weighted by atomic mass is 10.4. The van der Waals surface area contributed by atoms with Crippen LogP contribution in [0.2, 0.25) is 18.6 Å². The van der Waals surface area contributed by atoms with E-state index in [9.17, 15) is 4.79 Å². The van der Waals surface area contributed by atoms with E-state index in [2.05, 4.69) is 26.9 Å². The van der Waals surface area contributed by atoms with Crippen LogP contribution in [0.3, 0.4) is 0 Å². The molecule has 0 atom stereocenters. The van der Waals surface area contributed by atoms with E-state index in [4.69, 9.17) is 4.43 Å². The van der Waals surface area contributed by atoms with Gasteiger partial charge in [-0.05, 0) is 25.1 Å². The van der Waals surface area contributed by atoms with Gasteiger partial charge in [0.05, 0.1) is 0 Å². The minimum absolute atomic E-state index is 0.0251. The van der Waals surface area contributed by atoms with E-state index in [1.54, 1.807) is 0 Å². The van der Waals surface area contributed by atoms with E-state index >= 15 is 0 Å². The van der Waals surface area contributed by atoms with Crippen molar-refractivity contribution in [1.29, 1.82) is 0 Å². The number of carbonyl (C=O) groups is 1. The molecule has 0 aliphatic rings. The summed E-state index contributed by atoms with van der Waals surface area (Å²) in [5, 5.41) is 0. The second-order valence-electron chi connectivity index (χ2n) is 3.98. The SMILES string of the molecule is CCCC(=O)O[Si](C)(C)C(C)C. The van der Waals surface area contributed by atoms with Gasteiger partial charge in [-0.15, -0.1) is 0 Å². The van der Waals surface area contributed by atoms with Crippen LogP contribution in [-0.4, -0.2) is 14.3 Å². The fourth-order valence-electron chi connectivity index (χ4n) is 0.666. The van der Waals surface area contributed by atoms with E-state index in [1.807, 2.05) is 6.92 Å².